The molecule has 0 bridgehead atoms. The number of aliphatic hydroxyl groups excluding tert-OH is 1. The summed E-state index contributed by atoms with van der Waals surface area (Å²) in [6, 6.07) is 7.54. The molecule has 2 fully saturated rings. The normalized spacial score (nSPS) is 24.5. The summed E-state index contributed by atoms with van der Waals surface area (Å²) in [6.45, 7) is 4.79. The molecular weight excluding hydrogens is 362 g/mol. The number of ether oxygens (including phenoxy) is 3. The van der Waals surface area contributed by atoms with Gasteiger partial charge in [-0.1, -0.05) is 24.3 Å². The van der Waals surface area contributed by atoms with E-state index < -0.39 is 17.6 Å². The molecule has 1 atom stereocenters. The van der Waals surface area contributed by atoms with Crippen LogP contribution < -0.4 is 0 Å². The van der Waals surface area contributed by atoms with Gasteiger partial charge in [0.15, 0.2) is 12.1 Å². The predicted octanol–water partition coefficient (Wildman–Crippen LogP) is 3.09. The molecule has 1 aromatic carbocycles. The maximum absolute atomic E-state index is 13.4. The van der Waals surface area contributed by atoms with Gasteiger partial charge in [0.2, 0.25) is 0 Å². The van der Waals surface area contributed by atoms with Crippen molar-refractivity contribution in [3.63, 3.8) is 0 Å². The molecule has 1 amide bonds. The van der Waals surface area contributed by atoms with Crippen molar-refractivity contribution in [1.29, 1.82) is 0 Å². The van der Waals surface area contributed by atoms with Gasteiger partial charge in [-0.25, -0.2) is 9.90 Å². The van der Waals surface area contributed by atoms with Crippen LogP contribution in [0.1, 0.15) is 43.7 Å². The number of rotatable bonds is 4. The highest BCUT2D eigenvalue weighted by Gasteiger charge is 2.59. The number of methoxy groups -OCH3 is 1. The van der Waals surface area contributed by atoms with Gasteiger partial charge >= 0.3 is 0 Å². The minimum absolute atomic E-state index is 0.0583. The number of hydrogen-bond donors (Lipinski definition) is 1. The lowest BCUT2D eigenvalue weighted by atomic mass is 9.77. The van der Waals surface area contributed by atoms with Gasteiger partial charge in [0.05, 0.1) is 18.8 Å². The van der Waals surface area contributed by atoms with Crippen LogP contribution in [0.2, 0.25) is 0 Å². The monoisotopic (exact) mass is 389 g/mol. The Morgan fingerprint density at radius 3 is 2.39 bits per heavy atom. The van der Waals surface area contributed by atoms with E-state index in [0.29, 0.717) is 50.0 Å². The number of nitrogens with zero attached hydrogens (tertiary/aromatic N) is 1. The van der Waals surface area contributed by atoms with E-state index >= 15 is 0 Å². The number of aryl methyl sites for hydroxylation is 1. The minimum atomic E-state index is -0.942. The Bertz CT molecular complexity index is 788. The number of benzene rings is 1. The molecular formula is C21H27NO6. The Kier molecular flexibility index (Phi) is 4.95. The average molecular weight is 389 g/mol. The molecule has 1 N–H and O–H groups in total. The zero-order valence-electron chi connectivity index (χ0n) is 16.6. The van der Waals surface area contributed by atoms with E-state index in [1.165, 1.54) is 12.2 Å². The van der Waals surface area contributed by atoms with Crippen LogP contribution in [0.25, 0.3) is 5.57 Å². The highest BCUT2D eigenvalue weighted by atomic mass is 16.8. The lowest BCUT2D eigenvalue weighted by Gasteiger charge is -2.45. The molecule has 7 heteroatoms. The molecule has 3 aliphatic rings. The molecule has 152 valence electrons. The quantitative estimate of drug-likeness (QED) is 0.798. The summed E-state index contributed by atoms with van der Waals surface area (Å²) in [5, 5.41) is 12.6. The Hall–Kier alpha value is -1.93. The lowest BCUT2D eigenvalue weighted by molar-refractivity contribution is -0.294. The van der Waals surface area contributed by atoms with Crippen molar-refractivity contribution in [2.45, 2.75) is 57.1 Å². The van der Waals surface area contributed by atoms with Crippen molar-refractivity contribution in [3.05, 3.63) is 41.2 Å². The zero-order valence-corrected chi connectivity index (χ0v) is 16.6. The number of aliphatic hydroxyl groups is 1. The van der Waals surface area contributed by atoms with Gasteiger partial charge in [-0.3, -0.25) is 4.79 Å². The van der Waals surface area contributed by atoms with Crippen molar-refractivity contribution >= 4 is 11.5 Å². The van der Waals surface area contributed by atoms with E-state index in [2.05, 4.69) is 0 Å². The number of carbonyl (C=O) groups excluding carboxylic acids is 1. The summed E-state index contributed by atoms with van der Waals surface area (Å²) in [4.78, 5) is 19.2. The molecule has 2 heterocycles. The third-order valence-corrected chi connectivity index (χ3v) is 6.12. The summed E-state index contributed by atoms with van der Waals surface area (Å²) in [6.07, 6.45) is 1.49. The van der Waals surface area contributed by atoms with Crippen LogP contribution >= 0.6 is 0 Å². The van der Waals surface area contributed by atoms with E-state index in [1.807, 2.05) is 31.2 Å². The van der Waals surface area contributed by atoms with Crippen LogP contribution in [0.3, 0.4) is 0 Å². The molecule has 1 unspecified atom stereocenters. The number of hydrogen-bond acceptors (Lipinski definition) is 6. The van der Waals surface area contributed by atoms with Gasteiger partial charge in [0.1, 0.15) is 11.3 Å². The standard InChI is InChI=1S/C21H27NO6/c1-14-6-4-5-7-16(14)17-18(23)20(22(19(17)24)28-15(2)25-3)8-10-21(11-9-20)26-12-13-27-21/h4-7,15,23H,8-13H2,1-3H3. The molecule has 0 aromatic heterocycles. The number of hydroxylamine groups is 2. The maximum atomic E-state index is 13.4. The Morgan fingerprint density at radius 2 is 1.79 bits per heavy atom. The van der Waals surface area contributed by atoms with Gasteiger partial charge in [-0.05, 0) is 37.8 Å². The van der Waals surface area contributed by atoms with Crippen LogP contribution in [0, 0.1) is 6.92 Å². The van der Waals surface area contributed by atoms with Gasteiger partial charge in [-0.2, -0.15) is 0 Å². The first-order valence-electron chi connectivity index (χ1n) is 9.74. The van der Waals surface area contributed by atoms with Crippen LogP contribution in [0.15, 0.2) is 30.0 Å². The number of amides is 1. The van der Waals surface area contributed by atoms with E-state index in [9.17, 15) is 9.90 Å². The van der Waals surface area contributed by atoms with Crippen LogP contribution in [0.4, 0.5) is 0 Å². The molecule has 2 spiro atoms. The highest BCUT2D eigenvalue weighted by molar-refractivity contribution is 6.23. The third kappa shape index (κ3) is 2.93. The SMILES string of the molecule is COC(C)ON1C(=O)C(c2ccccc2C)=C(O)C12CCC1(CC2)OCCO1. The van der Waals surface area contributed by atoms with Gasteiger partial charge < -0.3 is 19.3 Å². The first-order chi connectivity index (χ1) is 13.4. The van der Waals surface area contributed by atoms with Crippen molar-refractivity contribution in [1.82, 2.24) is 5.06 Å². The third-order valence-electron chi connectivity index (χ3n) is 6.12. The fourth-order valence-corrected chi connectivity index (χ4v) is 4.43. The molecule has 7 nitrogen and oxygen atoms in total. The summed E-state index contributed by atoms with van der Waals surface area (Å²) in [5.41, 5.74) is 0.992. The topological polar surface area (TPSA) is 77.5 Å². The second kappa shape index (κ2) is 7.15. The van der Waals surface area contributed by atoms with Crippen molar-refractivity contribution in [2.75, 3.05) is 20.3 Å². The van der Waals surface area contributed by atoms with Crippen molar-refractivity contribution in [3.8, 4) is 0 Å². The Labute approximate surface area is 164 Å². The number of carbonyl (C=O) groups is 1. The zero-order chi connectivity index (χ0) is 19.9. The molecule has 1 saturated heterocycles. The lowest BCUT2D eigenvalue weighted by Crippen LogP contribution is -2.54. The van der Waals surface area contributed by atoms with Crippen molar-refractivity contribution < 1.29 is 28.9 Å². The fraction of sp³-hybridized carbons (Fsp3) is 0.571. The minimum Gasteiger partial charge on any atom is -0.509 e. The molecule has 0 radical (unpaired) electrons. The van der Waals surface area contributed by atoms with Crippen LogP contribution in [-0.4, -0.2) is 54.0 Å². The summed E-state index contributed by atoms with van der Waals surface area (Å²) in [7, 11) is 1.52. The summed E-state index contributed by atoms with van der Waals surface area (Å²) in [5.74, 6) is -0.902. The summed E-state index contributed by atoms with van der Waals surface area (Å²) >= 11 is 0. The van der Waals surface area contributed by atoms with E-state index in [4.69, 9.17) is 19.0 Å². The molecule has 1 aliphatic carbocycles. The van der Waals surface area contributed by atoms with Gasteiger partial charge in [0, 0.05) is 20.0 Å². The van der Waals surface area contributed by atoms with E-state index in [0.717, 1.165) is 5.56 Å². The Morgan fingerprint density at radius 1 is 1.14 bits per heavy atom. The average Bonchev–Trinajstić information content (AvgIpc) is 3.23. The second-order valence-corrected chi connectivity index (χ2v) is 7.69. The van der Waals surface area contributed by atoms with Crippen LogP contribution in [0.5, 0.6) is 0 Å². The smallest absolute Gasteiger partial charge is 0.282 e. The first kappa shape index (κ1) is 19.4. The van der Waals surface area contributed by atoms with Gasteiger partial charge in [-0.15, -0.1) is 0 Å². The van der Waals surface area contributed by atoms with Crippen LogP contribution in [-0.2, 0) is 23.8 Å². The molecule has 1 aromatic rings. The largest absolute Gasteiger partial charge is 0.509 e. The van der Waals surface area contributed by atoms with E-state index in [-0.39, 0.29) is 11.7 Å². The molecule has 28 heavy (non-hydrogen) atoms. The molecule has 2 aliphatic heterocycles. The Balaban J connectivity index is 1.74. The maximum Gasteiger partial charge on any atom is 0.282 e. The second-order valence-electron chi connectivity index (χ2n) is 7.69. The van der Waals surface area contributed by atoms with Crippen molar-refractivity contribution in [2.24, 2.45) is 0 Å². The van der Waals surface area contributed by atoms with Gasteiger partial charge in [0.25, 0.3) is 5.91 Å². The van der Waals surface area contributed by atoms with E-state index in [1.54, 1.807) is 6.92 Å². The first-order valence-corrected chi connectivity index (χ1v) is 9.74. The molecule has 4 rings (SSSR count). The predicted molar refractivity (Wildman–Crippen MR) is 101 cm³/mol. The fourth-order valence-electron chi connectivity index (χ4n) is 4.43. The highest BCUT2D eigenvalue weighted by Crippen LogP contribution is 2.51. The summed E-state index contributed by atoms with van der Waals surface area (Å²) < 4.78 is 16.9. The molecule has 1 saturated carbocycles.